The summed E-state index contributed by atoms with van der Waals surface area (Å²) < 4.78 is 0. The summed E-state index contributed by atoms with van der Waals surface area (Å²) in [5.74, 6) is -0.952. The highest BCUT2D eigenvalue weighted by Crippen LogP contribution is 2.30. The standard InChI is InChI=1S/C12H15ClN2O4/c1-3-12(2,11(16)17)7-14-9-6-8(13)4-5-10(9)15(18)19/h4-6,14H,3,7H2,1-2H3,(H,16,17). The zero-order chi connectivity index (χ0) is 14.6. The van der Waals surface area contributed by atoms with E-state index in [9.17, 15) is 14.9 Å². The topological polar surface area (TPSA) is 92.5 Å². The first-order chi connectivity index (χ1) is 8.80. The Balaban J connectivity index is 2.97. The molecule has 0 fully saturated rings. The number of hydrogen-bond acceptors (Lipinski definition) is 4. The Hall–Kier alpha value is -1.82. The van der Waals surface area contributed by atoms with E-state index in [1.165, 1.54) is 18.2 Å². The van der Waals surface area contributed by atoms with Crippen LogP contribution in [0.5, 0.6) is 0 Å². The smallest absolute Gasteiger partial charge is 0.311 e. The quantitative estimate of drug-likeness (QED) is 0.619. The van der Waals surface area contributed by atoms with Gasteiger partial charge in [0.1, 0.15) is 5.69 Å². The van der Waals surface area contributed by atoms with Crippen LogP contribution < -0.4 is 5.32 Å². The summed E-state index contributed by atoms with van der Waals surface area (Å²) in [6.07, 6.45) is 0.406. The van der Waals surface area contributed by atoms with Crippen LogP contribution in [-0.4, -0.2) is 22.5 Å². The van der Waals surface area contributed by atoms with Crippen LogP contribution >= 0.6 is 11.6 Å². The summed E-state index contributed by atoms with van der Waals surface area (Å²) in [7, 11) is 0. The van der Waals surface area contributed by atoms with Gasteiger partial charge in [-0.1, -0.05) is 18.5 Å². The minimum atomic E-state index is -0.990. The Labute approximate surface area is 115 Å². The average molecular weight is 287 g/mol. The molecule has 2 N–H and O–H groups in total. The first-order valence-electron chi connectivity index (χ1n) is 5.71. The molecule has 1 aromatic carbocycles. The van der Waals surface area contributed by atoms with Gasteiger partial charge < -0.3 is 10.4 Å². The van der Waals surface area contributed by atoms with Crippen LogP contribution in [0.25, 0.3) is 0 Å². The van der Waals surface area contributed by atoms with Crippen molar-refractivity contribution in [3.63, 3.8) is 0 Å². The van der Waals surface area contributed by atoms with Gasteiger partial charge in [-0.05, 0) is 25.5 Å². The number of nitrogens with zero attached hydrogens (tertiary/aromatic N) is 1. The molecule has 0 bridgehead atoms. The van der Waals surface area contributed by atoms with E-state index in [1.54, 1.807) is 13.8 Å². The van der Waals surface area contributed by atoms with Gasteiger partial charge in [-0.3, -0.25) is 14.9 Å². The second kappa shape index (κ2) is 5.88. The number of benzene rings is 1. The summed E-state index contributed by atoms with van der Waals surface area (Å²) >= 11 is 5.79. The third-order valence-corrected chi connectivity index (χ3v) is 3.36. The molecule has 1 aromatic rings. The number of nitrogens with one attached hydrogen (secondary N) is 1. The second-order valence-corrected chi connectivity index (χ2v) is 4.93. The van der Waals surface area contributed by atoms with Crippen molar-refractivity contribution in [3.05, 3.63) is 33.3 Å². The molecule has 0 aliphatic carbocycles. The van der Waals surface area contributed by atoms with Gasteiger partial charge in [0.2, 0.25) is 0 Å². The summed E-state index contributed by atoms with van der Waals surface area (Å²) in [6.45, 7) is 3.42. The molecule has 1 atom stereocenters. The average Bonchev–Trinajstić information content (AvgIpc) is 2.35. The van der Waals surface area contributed by atoms with Crippen LogP contribution in [0.3, 0.4) is 0 Å². The lowest BCUT2D eigenvalue weighted by atomic mass is 9.87. The molecule has 0 radical (unpaired) electrons. The Morgan fingerprint density at radius 2 is 2.21 bits per heavy atom. The SMILES string of the molecule is CCC(C)(CNc1cc(Cl)ccc1[N+](=O)[O-])C(=O)O. The van der Waals surface area contributed by atoms with Gasteiger partial charge in [-0.15, -0.1) is 0 Å². The van der Waals surface area contributed by atoms with Gasteiger partial charge in [0.25, 0.3) is 5.69 Å². The van der Waals surface area contributed by atoms with Gasteiger partial charge in [0.15, 0.2) is 0 Å². The Morgan fingerprint density at radius 3 is 2.68 bits per heavy atom. The number of anilines is 1. The molecule has 0 amide bonds. The lowest BCUT2D eigenvalue weighted by Gasteiger charge is -2.23. The predicted octanol–water partition coefficient (Wildman–Crippen LogP) is 3.16. The number of rotatable bonds is 6. The van der Waals surface area contributed by atoms with E-state index >= 15 is 0 Å². The fourth-order valence-corrected chi connectivity index (χ4v) is 1.62. The van der Waals surface area contributed by atoms with E-state index < -0.39 is 16.3 Å². The van der Waals surface area contributed by atoms with Gasteiger partial charge in [0.05, 0.1) is 10.3 Å². The Morgan fingerprint density at radius 1 is 1.58 bits per heavy atom. The maximum absolute atomic E-state index is 11.2. The number of hydrogen-bond donors (Lipinski definition) is 2. The monoisotopic (exact) mass is 286 g/mol. The van der Waals surface area contributed by atoms with E-state index in [0.29, 0.717) is 11.4 Å². The number of carbonyl (C=O) groups is 1. The fraction of sp³-hybridized carbons (Fsp3) is 0.417. The van der Waals surface area contributed by atoms with E-state index in [4.69, 9.17) is 16.7 Å². The maximum Gasteiger partial charge on any atom is 0.311 e. The van der Waals surface area contributed by atoms with Crippen molar-refractivity contribution < 1.29 is 14.8 Å². The molecule has 104 valence electrons. The molecular formula is C12H15ClN2O4. The van der Waals surface area contributed by atoms with Crippen molar-refractivity contribution in [1.29, 1.82) is 0 Å². The normalized spacial score (nSPS) is 13.6. The molecule has 19 heavy (non-hydrogen) atoms. The van der Waals surface area contributed by atoms with Gasteiger partial charge in [0, 0.05) is 17.6 Å². The van der Waals surface area contributed by atoms with Crippen molar-refractivity contribution in [1.82, 2.24) is 0 Å². The van der Waals surface area contributed by atoms with Gasteiger partial charge in [-0.2, -0.15) is 0 Å². The number of carboxylic acids is 1. The van der Waals surface area contributed by atoms with Crippen molar-refractivity contribution in [2.45, 2.75) is 20.3 Å². The number of aliphatic carboxylic acids is 1. The minimum absolute atomic E-state index is 0.0833. The highest BCUT2D eigenvalue weighted by molar-refractivity contribution is 6.31. The number of carboxylic acid groups (broad SMARTS) is 1. The maximum atomic E-state index is 11.2. The van der Waals surface area contributed by atoms with E-state index in [2.05, 4.69) is 5.32 Å². The van der Waals surface area contributed by atoms with Gasteiger partial charge >= 0.3 is 5.97 Å². The van der Waals surface area contributed by atoms with Crippen LogP contribution in [0.1, 0.15) is 20.3 Å². The molecule has 0 saturated carbocycles. The minimum Gasteiger partial charge on any atom is -0.481 e. The second-order valence-electron chi connectivity index (χ2n) is 4.49. The zero-order valence-corrected chi connectivity index (χ0v) is 11.4. The molecule has 0 aromatic heterocycles. The van der Waals surface area contributed by atoms with Crippen LogP contribution in [-0.2, 0) is 4.79 Å². The highest BCUT2D eigenvalue weighted by atomic mass is 35.5. The number of nitro benzene ring substituents is 1. The highest BCUT2D eigenvalue weighted by Gasteiger charge is 2.31. The lowest BCUT2D eigenvalue weighted by Crippen LogP contribution is -2.34. The summed E-state index contributed by atoms with van der Waals surface area (Å²) in [6, 6.07) is 4.12. The third-order valence-electron chi connectivity index (χ3n) is 3.12. The fourth-order valence-electron chi connectivity index (χ4n) is 1.45. The van der Waals surface area contributed by atoms with Crippen LogP contribution in [0.2, 0.25) is 5.02 Å². The molecule has 0 aliphatic heterocycles. The zero-order valence-electron chi connectivity index (χ0n) is 10.6. The van der Waals surface area contributed by atoms with Crippen LogP contribution in [0, 0.1) is 15.5 Å². The summed E-state index contributed by atoms with van der Waals surface area (Å²) in [4.78, 5) is 21.5. The van der Waals surface area contributed by atoms with Gasteiger partial charge in [-0.25, -0.2) is 0 Å². The number of nitro groups is 1. The molecule has 1 rings (SSSR count). The molecule has 0 heterocycles. The first-order valence-corrected chi connectivity index (χ1v) is 6.09. The molecule has 0 saturated heterocycles. The van der Waals surface area contributed by atoms with Crippen molar-refractivity contribution in [3.8, 4) is 0 Å². The predicted molar refractivity (Wildman–Crippen MR) is 72.6 cm³/mol. The first kappa shape index (κ1) is 15.2. The molecule has 0 aliphatic rings. The number of halogens is 1. The third kappa shape index (κ3) is 3.57. The molecule has 1 unspecified atom stereocenters. The van der Waals surface area contributed by atoms with E-state index in [-0.39, 0.29) is 17.9 Å². The molecule has 6 nitrogen and oxygen atoms in total. The van der Waals surface area contributed by atoms with Crippen molar-refractivity contribution in [2.24, 2.45) is 5.41 Å². The molecular weight excluding hydrogens is 272 g/mol. The van der Waals surface area contributed by atoms with Crippen LogP contribution in [0.4, 0.5) is 11.4 Å². The Bertz CT molecular complexity index is 507. The Kier molecular flexibility index (Phi) is 4.72. The lowest BCUT2D eigenvalue weighted by molar-refractivity contribution is -0.384. The largest absolute Gasteiger partial charge is 0.481 e. The van der Waals surface area contributed by atoms with Crippen molar-refractivity contribution >= 4 is 28.9 Å². The molecule has 0 spiro atoms. The van der Waals surface area contributed by atoms with E-state index in [1.807, 2.05) is 0 Å². The van der Waals surface area contributed by atoms with Crippen LogP contribution in [0.15, 0.2) is 18.2 Å². The molecule has 7 heteroatoms. The van der Waals surface area contributed by atoms with Crippen molar-refractivity contribution in [2.75, 3.05) is 11.9 Å². The van der Waals surface area contributed by atoms with E-state index in [0.717, 1.165) is 0 Å². The summed E-state index contributed by atoms with van der Waals surface area (Å²) in [5, 5.41) is 23.2. The summed E-state index contributed by atoms with van der Waals surface area (Å²) in [5.41, 5.74) is -0.900.